The number of carbonyl (C=O) groups is 1. The molecule has 0 saturated carbocycles. The molecule has 1 aromatic carbocycles. The summed E-state index contributed by atoms with van der Waals surface area (Å²) >= 11 is 0. The Morgan fingerprint density at radius 2 is 1.88 bits per heavy atom. The Morgan fingerprint density at radius 1 is 1.19 bits per heavy atom. The molecule has 0 bridgehead atoms. The van der Waals surface area contributed by atoms with Gasteiger partial charge in [0.05, 0.1) is 12.2 Å². The highest BCUT2D eigenvalue weighted by Crippen LogP contribution is 2.17. The van der Waals surface area contributed by atoms with E-state index in [1.54, 1.807) is 23.0 Å². The minimum atomic E-state index is -0.274. The lowest BCUT2D eigenvalue weighted by Crippen LogP contribution is -2.35. The van der Waals surface area contributed by atoms with E-state index in [9.17, 15) is 9.18 Å². The van der Waals surface area contributed by atoms with E-state index in [0.717, 1.165) is 25.2 Å². The largest absolute Gasteiger partial charge is 0.349 e. The van der Waals surface area contributed by atoms with Crippen LogP contribution in [0.4, 0.5) is 4.39 Å². The van der Waals surface area contributed by atoms with Crippen LogP contribution >= 0.6 is 0 Å². The first-order valence-electron chi connectivity index (χ1n) is 9.31. The van der Waals surface area contributed by atoms with E-state index in [1.807, 2.05) is 6.92 Å². The molecule has 1 unspecified atom stereocenters. The van der Waals surface area contributed by atoms with Crippen molar-refractivity contribution in [2.45, 2.75) is 38.6 Å². The summed E-state index contributed by atoms with van der Waals surface area (Å²) < 4.78 is 14.7. The van der Waals surface area contributed by atoms with Gasteiger partial charge in [-0.05, 0) is 50.6 Å². The van der Waals surface area contributed by atoms with E-state index in [-0.39, 0.29) is 17.8 Å². The average molecular weight is 359 g/mol. The van der Waals surface area contributed by atoms with Gasteiger partial charge >= 0.3 is 0 Å². The van der Waals surface area contributed by atoms with Gasteiger partial charge < -0.3 is 10.2 Å². The maximum absolute atomic E-state index is 13.0. The summed E-state index contributed by atoms with van der Waals surface area (Å²) in [5.74, 6) is -0.485. The van der Waals surface area contributed by atoms with Gasteiger partial charge in [-0.25, -0.2) is 9.07 Å². The molecule has 140 valence electrons. The van der Waals surface area contributed by atoms with Crippen molar-refractivity contribution in [1.29, 1.82) is 0 Å². The maximum Gasteiger partial charge on any atom is 0.273 e. The third-order valence-electron chi connectivity index (χ3n) is 4.90. The van der Waals surface area contributed by atoms with Gasteiger partial charge in [0.2, 0.25) is 0 Å². The second-order valence-electron chi connectivity index (χ2n) is 6.82. The van der Waals surface area contributed by atoms with Crippen molar-refractivity contribution >= 4 is 5.91 Å². The lowest BCUT2D eigenvalue weighted by Gasteiger charge is -2.19. The summed E-state index contributed by atoms with van der Waals surface area (Å²) in [4.78, 5) is 14.7. The van der Waals surface area contributed by atoms with Crippen LogP contribution in [-0.2, 0) is 0 Å². The molecular formula is C19H26FN5O. The van der Waals surface area contributed by atoms with Crippen molar-refractivity contribution < 1.29 is 9.18 Å². The smallest absolute Gasteiger partial charge is 0.273 e. The van der Waals surface area contributed by atoms with Gasteiger partial charge in [-0.3, -0.25) is 4.79 Å². The molecule has 0 aliphatic carbocycles. The van der Waals surface area contributed by atoms with Gasteiger partial charge in [0.25, 0.3) is 5.91 Å². The van der Waals surface area contributed by atoms with Gasteiger partial charge in [0.15, 0.2) is 5.69 Å². The summed E-state index contributed by atoms with van der Waals surface area (Å²) in [5, 5.41) is 10.9. The van der Waals surface area contributed by atoms with Crippen LogP contribution in [0.1, 0.15) is 54.7 Å². The Morgan fingerprint density at radius 3 is 2.58 bits per heavy atom. The van der Waals surface area contributed by atoms with Crippen LogP contribution in [-0.4, -0.2) is 52.0 Å². The van der Waals surface area contributed by atoms with E-state index in [2.05, 4.69) is 20.5 Å². The number of halogens is 1. The fraction of sp³-hybridized carbons (Fsp3) is 0.526. The SMILES string of the molecule is CC(c1ccc(F)cc1)n1cc(C(=O)NCCN2CCCCCC2)nn1. The molecule has 2 heterocycles. The molecule has 3 rings (SSSR count). The lowest BCUT2D eigenvalue weighted by atomic mass is 10.1. The third kappa shape index (κ3) is 4.88. The molecule has 1 aliphatic rings. The number of nitrogens with zero attached hydrogens (tertiary/aromatic N) is 4. The molecule has 1 saturated heterocycles. The van der Waals surface area contributed by atoms with Gasteiger partial charge in [0.1, 0.15) is 5.82 Å². The molecule has 0 spiro atoms. The van der Waals surface area contributed by atoms with Crippen LogP contribution in [0, 0.1) is 5.82 Å². The number of rotatable bonds is 6. The fourth-order valence-electron chi connectivity index (χ4n) is 3.24. The van der Waals surface area contributed by atoms with Crippen molar-refractivity contribution in [2.24, 2.45) is 0 Å². The Labute approximate surface area is 153 Å². The summed E-state index contributed by atoms with van der Waals surface area (Å²) in [7, 11) is 0. The number of hydrogen-bond acceptors (Lipinski definition) is 4. The summed E-state index contributed by atoms with van der Waals surface area (Å²) in [6, 6.07) is 6.13. The molecular weight excluding hydrogens is 333 g/mol. The second-order valence-corrected chi connectivity index (χ2v) is 6.82. The predicted octanol–water partition coefficient (Wildman–Crippen LogP) is 2.63. The topological polar surface area (TPSA) is 63.1 Å². The van der Waals surface area contributed by atoms with Crippen molar-refractivity contribution in [1.82, 2.24) is 25.2 Å². The summed E-state index contributed by atoms with van der Waals surface area (Å²) in [5.41, 5.74) is 1.21. The molecule has 1 fully saturated rings. The van der Waals surface area contributed by atoms with Gasteiger partial charge in [-0.2, -0.15) is 0 Å². The number of carbonyl (C=O) groups excluding carboxylic acids is 1. The Bertz CT molecular complexity index is 707. The van der Waals surface area contributed by atoms with Crippen molar-refractivity contribution in [3.8, 4) is 0 Å². The maximum atomic E-state index is 13.0. The summed E-state index contributed by atoms with van der Waals surface area (Å²) in [6.45, 7) is 5.64. The molecule has 1 aliphatic heterocycles. The number of amides is 1. The van der Waals surface area contributed by atoms with Crippen LogP contribution in [0.25, 0.3) is 0 Å². The van der Waals surface area contributed by atoms with Gasteiger partial charge in [-0.1, -0.05) is 30.2 Å². The molecule has 0 radical (unpaired) electrons. The zero-order valence-electron chi connectivity index (χ0n) is 15.2. The molecule has 1 amide bonds. The fourth-order valence-corrected chi connectivity index (χ4v) is 3.24. The standard InChI is InChI=1S/C19H26FN5O/c1-15(16-6-8-17(20)9-7-16)25-14-18(22-23-25)19(26)21-10-13-24-11-4-2-3-5-12-24/h6-9,14-15H,2-5,10-13H2,1H3,(H,21,26). The minimum Gasteiger partial charge on any atom is -0.349 e. The highest BCUT2D eigenvalue weighted by Gasteiger charge is 2.15. The highest BCUT2D eigenvalue weighted by molar-refractivity contribution is 5.91. The van der Waals surface area contributed by atoms with E-state index in [4.69, 9.17) is 0 Å². The van der Waals surface area contributed by atoms with Gasteiger partial charge in [-0.15, -0.1) is 5.10 Å². The minimum absolute atomic E-state index is 0.123. The molecule has 1 aromatic heterocycles. The molecule has 2 aromatic rings. The number of hydrogen-bond donors (Lipinski definition) is 1. The number of aromatic nitrogens is 3. The normalized spacial score (nSPS) is 16.8. The first-order chi connectivity index (χ1) is 12.6. The van der Waals surface area contributed by atoms with E-state index < -0.39 is 0 Å². The molecule has 7 heteroatoms. The van der Waals surface area contributed by atoms with E-state index in [1.165, 1.54) is 37.8 Å². The predicted molar refractivity (Wildman–Crippen MR) is 97.5 cm³/mol. The Kier molecular flexibility index (Phi) is 6.33. The Hall–Kier alpha value is -2.28. The average Bonchev–Trinajstić information content (AvgIpc) is 3.00. The van der Waals surface area contributed by atoms with Crippen LogP contribution in [0.3, 0.4) is 0 Å². The molecule has 6 nitrogen and oxygen atoms in total. The second kappa shape index (κ2) is 8.89. The Balaban J connectivity index is 1.51. The zero-order chi connectivity index (χ0) is 18.4. The van der Waals surface area contributed by atoms with Gasteiger partial charge in [0, 0.05) is 13.1 Å². The van der Waals surface area contributed by atoms with E-state index >= 15 is 0 Å². The number of likely N-dealkylation sites (tertiary alicyclic amines) is 1. The number of nitrogens with one attached hydrogen (secondary N) is 1. The molecule has 26 heavy (non-hydrogen) atoms. The lowest BCUT2D eigenvalue weighted by molar-refractivity contribution is 0.0943. The van der Waals surface area contributed by atoms with Crippen LogP contribution < -0.4 is 5.32 Å². The highest BCUT2D eigenvalue weighted by atomic mass is 19.1. The van der Waals surface area contributed by atoms with E-state index in [0.29, 0.717) is 12.2 Å². The van der Waals surface area contributed by atoms with Crippen molar-refractivity contribution in [3.63, 3.8) is 0 Å². The molecule has 1 atom stereocenters. The third-order valence-corrected chi connectivity index (χ3v) is 4.90. The monoisotopic (exact) mass is 359 g/mol. The first-order valence-corrected chi connectivity index (χ1v) is 9.31. The first kappa shape index (κ1) is 18.5. The van der Waals surface area contributed by atoms with Crippen LogP contribution in [0.5, 0.6) is 0 Å². The quantitative estimate of drug-likeness (QED) is 0.861. The molecule has 1 N–H and O–H groups in total. The zero-order valence-corrected chi connectivity index (χ0v) is 15.2. The van der Waals surface area contributed by atoms with Crippen LogP contribution in [0.2, 0.25) is 0 Å². The number of benzene rings is 1. The van der Waals surface area contributed by atoms with Crippen molar-refractivity contribution in [2.75, 3.05) is 26.2 Å². The van der Waals surface area contributed by atoms with Crippen LogP contribution in [0.15, 0.2) is 30.5 Å². The van der Waals surface area contributed by atoms with Crippen molar-refractivity contribution in [3.05, 3.63) is 47.5 Å². The summed E-state index contributed by atoms with van der Waals surface area (Å²) in [6.07, 6.45) is 6.72.